The molecule has 2 aromatic carbocycles. The van der Waals surface area contributed by atoms with Gasteiger partial charge in [-0.2, -0.15) is 0 Å². The first-order valence-corrected chi connectivity index (χ1v) is 8.11. The fourth-order valence-corrected chi connectivity index (χ4v) is 3.26. The van der Waals surface area contributed by atoms with E-state index in [1.54, 1.807) is 11.0 Å². The van der Waals surface area contributed by atoms with Crippen molar-refractivity contribution in [1.82, 2.24) is 4.90 Å². The first kappa shape index (κ1) is 16.9. The number of nitrogens with zero attached hydrogens (tertiary/aromatic N) is 2. The van der Waals surface area contributed by atoms with E-state index in [2.05, 4.69) is 5.32 Å². The number of nitro benzene ring substituents is 1. The summed E-state index contributed by atoms with van der Waals surface area (Å²) >= 11 is 0. The molecule has 25 heavy (non-hydrogen) atoms. The van der Waals surface area contributed by atoms with Crippen LogP contribution in [0.15, 0.2) is 48.5 Å². The minimum atomic E-state index is -0.506. The van der Waals surface area contributed by atoms with Gasteiger partial charge in [0.05, 0.1) is 17.6 Å². The van der Waals surface area contributed by atoms with Crippen molar-refractivity contribution >= 4 is 17.4 Å². The summed E-state index contributed by atoms with van der Waals surface area (Å²) in [5, 5.41) is 22.9. The Labute approximate surface area is 145 Å². The molecule has 0 heterocycles. The van der Waals surface area contributed by atoms with E-state index in [1.165, 1.54) is 23.8 Å². The van der Waals surface area contributed by atoms with Crippen molar-refractivity contribution in [3.05, 3.63) is 69.8 Å². The maximum Gasteiger partial charge on any atom is 0.322 e. The van der Waals surface area contributed by atoms with Gasteiger partial charge in [0.15, 0.2) is 0 Å². The average Bonchev–Trinajstić information content (AvgIpc) is 3.03. The quantitative estimate of drug-likeness (QED) is 0.645. The van der Waals surface area contributed by atoms with Gasteiger partial charge in [-0.25, -0.2) is 4.79 Å². The van der Waals surface area contributed by atoms with Gasteiger partial charge in [-0.05, 0) is 30.0 Å². The van der Waals surface area contributed by atoms with Crippen LogP contribution in [-0.2, 0) is 6.42 Å². The van der Waals surface area contributed by atoms with Crippen molar-refractivity contribution in [3.8, 4) is 0 Å². The average molecular weight is 341 g/mol. The van der Waals surface area contributed by atoms with Gasteiger partial charge in [-0.15, -0.1) is 0 Å². The largest absolute Gasteiger partial charge is 0.395 e. The minimum absolute atomic E-state index is 0.0854. The van der Waals surface area contributed by atoms with Crippen molar-refractivity contribution in [1.29, 1.82) is 0 Å². The summed E-state index contributed by atoms with van der Waals surface area (Å²) in [6, 6.07) is 13.3. The summed E-state index contributed by atoms with van der Waals surface area (Å²) in [6.45, 7) is 0.0424. The number of rotatable bonds is 5. The number of nitro groups is 1. The molecule has 1 atom stereocenters. The standard InChI is InChI=1S/C18H19N3O4/c22-11-10-20(17-9-8-13-4-1-2-7-16(13)17)18(23)19-14-5-3-6-15(12-14)21(24)25/h1-7,12,17,22H,8-11H2,(H,19,23)/t17-/m1/s1. The normalized spacial score (nSPS) is 15.5. The number of benzene rings is 2. The Bertz CT molecular complexity index is 793. The molecule has 0 saturated heterocycles. The molecule has 130 valence electrons. The van der Waals surface area contributed by atoms with Crippen LogP contribution in [0.2, 0.25) is 0 Å². The van der Waals surface area contributed by atoms with Gasteiger partial charge in [-0.3, -0.25) is 10.1 Å². The van der Waals surface area contributed by atoms with Gasteiger partial charge in [0, 0.05) is 24.4 Å². The SMILES string of the molecule is O=C(Nc1cccc([N+](=O)[O-])c1)N(CCO)[C@@H]1CCc2ccccc21. The van der Waals surface area contributed by atoms with Gasteiger partial charge >= 0.3 is 6.03 Å². The fraction of sp³-hybridized carbons (Fsp3) is 0.278. The number of carbonyl (C=O) groups excluding carboxylic acids is 1. The molecule has 0 unspecified atom stereocenters. The van der Waals surface area contributed by atoms with Crippen LogP contribution in [-0.4, -0.2) is 34.1 Å². The molecule has 7 nitrogen and oxygen atoms in total. The van der Waals surface area contributed by atoms with E-state index in [9.17, 15) is 20.0 Å². The van der Waals surface area contributed by atoms with Crippen LogP contribution >= 0.6 is 0 Å². The summed E-state index contributed by atoms with van der Waals surface area (Å²) in [7, 11) is 0. The number of nitrogens with one attached hydrogen (secondary N) is 1. The third-order valence-corrected chi connectivity index (χ3v) is 4.39. The van der Waals surface area contributed by atoms with Crippen LogP contribution in [0.1, 0.15) is 23.6 Å². The van der Waals surface area contributed by atoms with E-state index in [4.69, 9.17) is 0 Å². The summed E-state index contributed by atoms with van der Waals surface area (Å²) in [4.78, 5) is 24.7. The topological polar surface area (TPSA) is 95.7 Å². The molecule has 2 N–H and O–H groups in total. The van der Waals surface area contributed by atoms with Crippen molar-refractivity contribution in [3.63, 3.8) is 0 Å². The van der Waals surface area contributed by atoms with E-state index in [1.807, 2.05) is 24.3 Å². The second-order valence-electron chi connectivity index (χ2n) is 5.91. The number of amides is 2. The van der Waals surface area contributed by atoms with Crippen LogP contribution in [0.4, 0.5) is 16.2 Å². The lowest BCUT2D eigenvalue weighted by Gasteiger charge is -2.29. The smallest absolute Gasteiger partial charge is 0.322 e. The highest BCUT2D eigenvalue weighted by molar-refractivity contribution is 5.90. The van der Waals surface area contributed by atoms with E-state index >= 15 is 0 Å². The van der Waals surface area contributed by atoms with E-state index in [-0.39, 0.29) is 30.9 Å². The van der Waals surface area contributed by atoms with Crippen molar-refractivity contribution in [2.45, 2.75) is 18.9 Å². The van der Waals surface area contributed by atoms with Gasteiger partial charge in [-0.1, -0.05) is 30.3 Å². The molecule has 1 aliphatic rings. The molecule has 2 aromatic rings. The first-order valence-electron chi connectivity index (χ1n) is 8.11. The molecule has 7 heteroatoms. The van der Waals surface area contributed by atoms with Crippen LogP contribution in [0.3, 0.4) is 0 Å². The molecule has 0 bridgehead atoms. The maximum absolute atomic E-state index is 12.7. The molecule has 2 amide bonds. The van der Waals surface area contributed by atoms with Gasteiger partial charge in [0.25, 0.3) is 5.69 Å². The number of aliphatic hydroxyl groups is 1. The van der Waals surface area contributed by atoms with E-state index in [0.717, 1.165) is 18.4 Å². The summed E-state index contributed by atoms with van der Waals surface area (Å²) in [5.74, 6) is 0. The second-order valence-corrected chi connectivity index (χ2v) is 5.91. The fourth-order valence-electron chi connectivity index (χ4n) is 3.26. The molecule has 0 spiro atoms. The minimum Gasteiger partial charge on any atom is -0.395 e. The highest BCUT2D eigenvalue weighted by Crippen LogP contribution is 2.35. The van der Waals surface area contributed by atoms with E-state index in [0.29, 0.717) is 5.69 Å². The number of hydrogen-bond acceptors (Lipinski definition) is 4. The number of urea groups is 1. The van der Waals surface area contributed by atoms with Crippen LogP contribution in [0.5, 0.6) is 0 Å². The predicted octanol–water partition coefficient (Wildman–Crippen LogP) is 3.11. The summed E-state index contributed by atoms with van der Waals surface area (Å²) < 4.78 is 0. The molecular formula is C18H19N3O4. The molecular weight excluding hydrogens is 322 g/mol. The molecule has 0 aromatic heterocycles. The molecule has 0 aliphatic heterocycles. The van der Waals surface area contributed by atoms with Gasteiger partial charge in [0.1, 0.15) is 0 Å². The van der Waals surface area contributed by atoms with Gasteiger partial charge < -0.3 is 15.3 Å². The Morgan fingerprint density at radius 3 is 2.84 bits per heavy atom. The molecule has 0 radical (unpaired) electrons. The molecule has 0 saturated carbocycles. The lowest BCUT2D eigenvalue weighted by Crippen LogP contribution is -2.39. The predicted molar refractivity (Wildman–Crippen MR) is 93.4 cm³/mol. The van der Waals surface area contributed by atoms with Crippen LogP contribution in [0, 0.1) is 10.1 Å². The molecule has 3 rings (SSSR count). The maximum atomic E-state index is 12.7. The lowest BCUT2D eigenvalue weighted by atomic mass is 10.1. The lowest BCUT2D eigenvalue weighted by molar-refractivity contribution is -0.384. The first-order chi connectivity index (χ1) is 12.1. The van der Waals surface area contributed by atoms with Crippen molar-refractivity contribution in [2.75, 3.05) is 18.5 Å². The Kier molecular flexibility index (Phi) is 4.95. The zero-order valence-electron chi connectivity index (χ0n) is 13.6. The number of aryl methyl sites for hydroxylation is 1. The van der Waals surface area contributed by atoms with Gasteiger partial charge in [0.2, 0.25) is 0 Å². The van der Waals surface area contributed by atoms with Crippen molar-refractivity contribution in [2.24, 2.45) is 0 Å². The Morgan fingerprint density at radius 1 is 1.28 bits per heavy atom. The Hall–Kier alpha value is -2.93. The zero-order valence-corrected chi connectivity index (χ0v) is 13.6. The number of non-ortho nitro benzene ring substituents is 1. The number of aliphatic hydroxyl groups excluding tert-OH is 1. The number of fused-ring (bicyclic) bond motifs is 1. The van der Waals surface area contributed by atoms with Crippen LogP contribution < -0.4 is 5.32 Å². The highest BCUT2D eigenvalue weighted by atomic mass is 16.6. The summed E-state index contributed by atoms with van der Waals surface area (Å²) in [6.07, 6.45) is 1.68. The molecule has 1 aliphatic carbocycles. The molecule has 0 fully saturated rings. The highest BCUT2D eigenvalue weighted by Gasteiger charge is 2.30. The number of carbonyl (C=O) groups is 1. The monoisotopic (exact) mass is 341 g/mol. The Morgan fingerprint density at radius 2 is 2.08 bits per heavy atom. The number of hydrogen-bond donors (Lipinski definition) is 2. The third-order valence-electron chi connectivity index (χ3n) is 4.39. The second kappa shape index (κ2) is 7.31. The zero-order chi connectivity index (χ0) is 17.8. The Balaban J connectivity index is 1.80. The summed E-state index contributed by atoms with van der Waals surface area (Å²) in [5.41, 5.74) is 2.56. The number of anilines is 1. The van der Waals surface area contributed by atoms with Crippen LogP contribution in [0.25, 0.3) is 0 Å². The van der Waals surface area contributed by atoms with E-state index < -0.39 is 4.92 Å². The third kappa shape index (κ3) is 3.61. The van der Waals surface area contributed by atoms with Crippen molar-refractivity contribution < 1.29 is 14.8 Å².